The van der Waals surface area contributed by atoms with Crippen LogP contribution in [0.25, 0.3) is 0 Å². The molecule has 20 heavy (non-hydrogen) atoms. The summed E-state index contributed by atoms with van der Waals surface area (Å²) in [5.74, 6) is -0.382. The summed E-state index contributed by atoms with van der Waals surface area (Å²) in [5, 5.41) is 2.63. The molecule has 1 aromatic carbocycles. The van der Waals surface area contributed by atoms with E-state index in [4.69, 9.17) is 5.73 Å². The van der Waals surface area contributed by atoms with Crippen LogP contribution in [0.5, 0.6) is 0 Å². The number of benzene rings is 1. The van der Waals surface area contributed by atoms with E-state index in [2.05, 4.69) is 16.6 Å². The van der Waals surface area contributed by atoms with E-state index in [0.717, 1.165) is 5.56 Å². The molecule has 4 N–H and O–H groups in total. The third-order valence-corrected chi connectivity index (χ3v) is 4.22. The highest BCUT2D eigenvalue weighted by Crippen LogP contribution is 2.20. The van der Waals surface area contributed by atoms with Crippen LogP contribution < -0.4 is 15.8 Å². The molecule has 7 heteroatoms. The predicted octanol–water partition coefficient (Wildman–Crippen LogP) is 0.745. The Kier molecular flexibility index (Phi) is 5.43. The van der Waals surface area contributed by atoms with E-state index < -0.39 is 16.1 Å². The van der Waals surface area contributed by atoms with Gasteiger partial charge in [-0.25, -0.2) is 13.1 Å². The van der Waals surface area contributed by atoms with Crippen molar-refractivity contribution >= 4 is 21.6 Å². The van der Waals surface area contributed by atoms with Crippen LogP contribution in [0.15, 0.2) is 35.7 Å². The molecule has 0 spiro atoms. The molecule has 0 fully saturated rings. The van der Waals surface area contributed by atoms with Gasteiger partial charge in [0.05, 0.1) is 10.9 Å². The Labute approximate surface area is 119 Å². The maximum Gasteiger partial charge on any atom is 0.241 e. The van der Waals surface area contributed by atoms with Gasteiger partial charge in [0, 0.05) is 5.69 Å². The second-order valence-electron chi connectivity index (χ2n) is 4.30. The van der Waals surface area contributed by atoms with Crippen LogP contribution in [-0.4, -0.2) is 27.4 Å². The van der Waals surface area contributed by atoms with Crippen LogP contribution in [0.1, 0.15) is 12.0 Å². The highest BCUT2D eigenvalue weighted by molar-refractivity contribution is 7.89. The third-order valence-electron chi connectivity index (χ3n) is 2.80. The first-order chi connectivity index (χ1) is 9.31. The Morgan fingerprint density at radius 1 is 1.50 bits per heavy atom. The first-order valence-electron chi connectivity index (χ1n) is 6.03. The Bertz CT molecular complexity index is 611. The number of hydrogen-bond acceptors (Lipinski definition) is 4. The summed E-state index contributed by atoms with van der Waals surface area (Å²) >= 11 is 0. The Balaban J connectivity index is 3.04. The molecule has 1 atom stereocenters. The summed E-state index contributed by atoms with van der Waals surface area (Å²) in [6.07, 6.45) is 1.90. The number of anilines is 1. The lowest BCUT2D eigenvalue weighted by Crippen LogP contribution is -2.35. The minimum absolute atomic E-state index is 0.0817. The monoisotopic (exact) mass is 297 g/mol. The lowest BCUT2D eigenvalue weighted by molar-refractivity contribution is -0.117. The summed E-state index contributed by atoms with van der Waals surface area (Å²) < 4.78 is 25.7. The number of sulfonamides is 1. The zero-order chi connectivity index (χ0) is 15.3. The van der Waals surface area contributed by atoms with Gasteiger partial charge < -0.3 is 11.1 Å². The van der Waals surface area contributed by atoms with E-state index >= 15 is 0 Å². The van der Waals surface area contributed by atoms with Gasteiger partial charge in [-0.2, -0.15) is 0 Å². The fourth-order valence-electron chi connectivity index (χ4n) is 1.53. The number of hydrogen-bond donors (Lipinski definition) is 3. The maximum atomic E-state index is 11.8. The number of nitrogens with one attached hydrogen (secondary N) is 2. The fourth-order valence-corrected chi connectivity index (χ4v) is 2.29. The largest absolute Gasteiger partial charge is 0.324 e. The van der Waals surface area contributed by atoms with Crippen molar-refractivity contribution in [3.8, 4) is 0 Å². The maximum absolute atomic E-state index is 11.8. The molecule has 1 aromatic rings. The second kappa shape index (κ2) is 6.65. The van der Waals surface area contributed by atoms with Crippen LogP contribution >= 0.6 is 0 Å². The van der Waals surface area contributed by atoms with Gasteiger partial charge in [0.1, 0.15) is 0 Å². The molecular formula is C13H19N3O3S. The van der Waals surface area contributed by atoms with Crippen molar-refractivity contribution in [2.24, 2.45) is 5.73 Å². The van der Waals surface area contributed by atoms with Crippen molar-refractivity contribution in [2.45, 2.75) is 24.3 Å². The van der Waals surface area contributed by atoms with Crippen molar-refractivity contribution in [1.82, 2.24) is 4.72 Å². The molecule has 0 saturated heterocycles. The molecule has 0 saturated carbocycles. The minimum Gasteiger partial charge on any atom is -0.324 e. The van der Waals surface area contributed by atoms with Crippen molar-refractivity contribution in [3.05, 3.63) is 36.4 Å². The molecule has 1 amide bonds. The average Bonchev–Trinajstić information content (AvgIpc) is 2.41. The van der Waals surface area contributed by atoms with Gasteiger partial charge in [0.15, 0.2) is 0 Å². The Hall–Kier alpha value is -1.70. The number of rotatable bonds is 6. The minimum atomic E-state index is -3.55. The van der Waals surface area contributed by atoms with Gasteiger partial charge in [-0.1, -0.05) is 12.1 Å². The van der Waals surface area contributed by atoms with Gasteiger partial charge in [0.2, 0.25) is 15.9 Å². The molecule has 0 heterocycles. The summed E-state index contributed by atoms with van der Waals surface area (Å²) in [5.41, 5.74) is 6.83. The van der Waals surface area contributed by atoms with E-state index in [1.54, 1.807) is 19.1 Å². The molecule has 1 rings (SSSR count). The number of aryl methyl sites for hydroxylation is 1. The molecule has 0 aromatic heterocycles. The van der Waals surface area contributed by atoms with Crippen molar-refractivity contribution in [2.75, 3.05) is 12.4 Å². The van der Waals surface area contributed by atoms with Gasteiger partial charge in [-0.05, 0) is 38.1 Å². The van der Waals surface area contributed by atoms with Gasteiger partial charge in [0.25, 0.3) is 0 Å². The van der Waals surface area contributed by atoms with Gasteiger partial charge in [-0.15, -0.1) is 6.58 Å². The average molecular weight is 297 g/mol. The van der Waals surface area contributed by atoms with Crippen LogP contribution in [0.2, 0.25) is 0 Å². The highest BCUT2D eigenvalue weighted by atomic mass is 32.2. The molecule has 0 aliphatic rings. The van der Waals surface area contributed by atoms with E-state index in [1.807, 2.05) is 0 Å². The molecule has 0 aliphatic carbocycles. The summed E-state index contributed by atoms with van der Waals surface area (Å²) in [4.78, 5) is 11.9. The first kappa shape index (κ1) is 16.4. The summed E-state index contributed by atoms with van der Waals surface area (Å²) in [7, 11) is -2.23. The molecule has 0 aliphatic heterocycles. The standard InChI is InChI=1S/C13H19N3O3S/c1-4-5-11(14)13(17)16-12-8-10(7-6-9(12)2)20(18,19)15-3/h4,6-8,11,15H,1,5,14H2,2-3H3,(H,16,17). The van der Waals surface area contributed by atoms with Crippen LogP contribution in [-0.2, 0) is 14.8 Å². The number of carbonyl (C=O) groups is 1. The van der Waals surface area contributed by atoms with Crippen molar-refractivity contribution < 1.29 is 13.2 Å². The zero-order valence-corrected chi connectivity index (χ0v) is 12.3. The molecule has 0 radical (unpaired) electrons. The molecule has 0 bridgehead atoms. The van der Waals surface area contributed by atoms with Gasteiger partial charge in [-0.3, -0.25) is 4.79 Å². The quantitative estimate of drug-likeness (QED) is 0.674. The van der Waals surface area contributed by atoms with E-state index in [1.165, 1.54) is 19.2 Å². The predicted molar refractivity (Wildman–Crippen MR) is 78.8 cm³/mol. The number of amides is 1. The molecular weight excluding hydrogens is 278 g/mol. The summed E-state index contributed by atoms with van der Waals surface area (Å²) in [6, 6.07) is 3.79. The zero-order valence-electron chi connectivity index (χ0n) is 11.5. The lowest BCUT2D eigenvalue weighted by atomic mass is 10.1. The second-order valence-corrected chi connectivity index (χ2v) is 6.19. The normalized spacial score (nSPS) is 12.8. The molecule has 110 valence electrons. The lowest BCUT2D eigenvalue weighted by Gasteiger charge is -2.13. The van der Waals surface area contributed by atoms with Crippen LogP contribution in [0.3, 0.4) is 0 Å². The fraction of sp³-hybridized carbons (Fsp3) is 0.308. The molecule has 1 unspecified atom stereocenters. The third kappa shape index (κ3) is 3.89. The smallest absolute Gasteiger partial charge is 0.241 e. The molecule has 6 nitrogen and oxygen atoms in total. The van der Waals surface area contributed by atoms with Crippen LogP contribution in [0, 0.1) is 6.92 Å². The SMILES string of the molecule is C=CCC(N)C(=O)Nc1cc(S(=O)(=O)NC)ccc1C. The van der Waals surface area contributed by atoms with E-state index in [0.29, 0.717) is 12.1 Å². The van der Waals surface area contributed by atoms with Gasteiger partial charge >= 0.3 is 0 Å². The van der Waals surface area contributed by atoms with Crippen molar-refractivity contribution in [3.63, 3.8) is 0 Å². The highest BCUT2D eigenvalue weighted by Gasteiger charge is 2.16. The topological polar surface area (TPSA) is 101 Å². The first-order valence-corrected chi connectivity index (χ1v) is 7.51. The van der Waals surface area contributed by atoms with E-state index in [9.17, 15) is 13.2 Å². The number of nitrogens with two attached hydrogens (primary N) is 1. The number of carbonyl (C=O) groups excluding carboxylic acids is 1. The van der Waals surface area contributed by atoms with E-state index in [-0.39, 0.29) is 10.8 Å². The Morgan fingerprint density at radius 3 is 2.70 bits per heavy atom. The van der Waals surface area contributed by atoms with Crippen LogP contribution in [0.4, 0.5) is 5.69 Å². The Morgan fingerprint density at radius 2 is 2.15 bits per heavy atom. The summed E-state index contributed by atoms with van der Waals surface area (Å²) in [6.45, 7) is 5.29. The van der Waals surface area contributed by atoms with Crippen molar-refractivity contribution in [1.29, 1.82) is 0 Å².